The molecule has 1 unspecified atom stereocenters. The van der Waals surface area contributed by atoms with E-state index in [0.717, 1.165) is 21.8 Å². The first kappa shape index (κ1) is 25.9. The summed E-state index contributed by atoms with van der Waals surface area (Å²) in [5, 5.41) is 7.09. The van der Waals surface area contributed by atoms with Gasteiger partial charge in [0.05, 0.1) is 23.8 Å². The van der Waals surface area contributed by atoms with Gasteiger partial charge in [0.25, 0.3) is 5.91 Å². The van der Waals surface area contributed by atoms with Crippen LogP contribution in [-0.2, 0) is 23.1 Å². The number of rotatable bonds is 8. The molecule has 3 aromatic rings. The van der Waals surface area contributed by atoms with E-state index in [4.69, 9.17) is 0 Å². The zero-order chi connectivity index (χ0) is 26.7. The molecule has 1 aliphatic rings. The van der Waals surface area contributed by atoms with Crippen molar-refractivity contribution in [2.45, 2.75) is 31.8 Å². The summed E-state index contributed by atoms with van der Waals surface area (Å²) in [7, 11) is 7.17. The number of aromatic nitrogens is 3. The number of carbonyl (C=O) groups is 3. The second-order valence-electron chi connectivity index (χ2n) is 9.47. The van der Waals surface area contributed by atoms with Crippen LogP contribution in [0.2, 0.25) is 0 Å². The Labute approximate surface area is 216 Å². The van der Waals surface area contributed by atoms with E-state index < -0.39 is 18.0 Å². The molecular weight excluding hydrogens is 470 g/mol. The smallest absolute Gasteiger partial charge is 0.325 e. The van der Waals surface area contributed by atoms with Gasteiger partial charge in [0, 0.05) is 40.6 Å². The fraction of sp³-hybridized carbons (Fsp3) is 0.370. The molecule has 1 fully saturated rings. The molecule has 10 heteroatoms. The number of nitrogens with one attached hydrogen (secondary N) is 1. The van der Waals surface area contributed by atoms with Crippen LogP contribution in [0.1, 0.15) is 30.5 Å². The minimum Gasteiger partial charge on any atom is -0.363 e. The van der Waals surface area contributed by atoms with Gasteiger partial charge in [-0.2, -0.15) is 5.10 Å². The normalized spacial score (nSPS) is 17.6. The summed E-state index contributed by atoms with van der Waals surface area (Å²) < 4.78 is 1.60. The molecule has 4 amide bonds. The molecule has 3 atom stereocenters. The quantitative estimate of drug-likeness (QED) is 0.474. The van der Waals surface area contributed by atoms with Gasteiger partial charge in [-0.25, -0.2) is 9.78 Å². The molecule has 194 valence electrons. The maximum absolute atomic E-state index is 13.7. The number of urea groups is 1. The molecule has 1 N–H and O–H groups in total. The average Bonchev–Trinajstić information content (AvgIpc) is 3.34. The first-order valence-electron chi connectivity index (χ1n) is 12.3. The van der Waals surface area contributed by atoms with Gasteiger partial charge in [0.2, 0.25) is 5.91 Å². The summed E-state index contributed by atoms with van der Waals surface area (Å²) in [6, 6.07) is 11.5. The predicted octanol–water partition coefficient (Wildman–Crippen LogP) is 2.77. The molecule has 4 rings (SSSR count). The van der Waals surface area contributed by atoms with Gasteiger partial charge in [-0.05, 0) is 36.1 Å². The third-order valence-electron chi connectivity index (χ3n) is 6.73. The van der Waals surface area contributed by atoms with Gasteiger partial charge in [0.15, 0.2) is 0 Å². The van der Waals surface area contributed by atoms with Crippen molar-refractivity contribution < 1.29 is 14.4 Å². The highest BCUT2D eigenvalue weighted by Gasteiger charge is 2.55. The summed E-state index contributed by atoms with van der Waals surface area (Å²) in [6.07, 6.45) is 5.93. The van der Waals surface area contributed by atoms with E-state index in [2.05, 4.69) is 15.4 Å². The number of hydrogen-bond acceptors (Lipinski definition) is 6. The van der Waals surface area contributed by atoms with Gasteiger partial charge >= 0.3 is 6.03 Å². The van der Waals surface area contributed by atoms with E-state index in [9.17, 15) is 14.4 Å². The first-order chi connectivity index (χ1) is 17.7. The Balaban J connectivity index is 1.60. The molecule has 0 spiro atoms. The van der Waals surface area contributed by atoms with Crippen LogP contribution in [0.3, 0.4) is 0 Å². The van der Waals surface area contributed by atoms with E-state index >= 15 is 0 Å². The minimum atomic E-state index is -0.943. The SMILES string of the molecule is CCC(NC(=O)N1C(=O)[C@H](Cc2ccnc(N(C)C)c2)[C@H]1C(=O)N(C)c1cnn(C)c1)c1ccccc1. The Morgan fingerprint density at radius 1 is 1.14 bits per heavy atom. The number of likely N-dealkylation sites (tertiary alicyclic amines) is 1. The Morgan fingerprint density at radius 2 is 1.86 bits per heavy atom. The summed E-state index contributed by atoms with van der Waals surface area (Å²) in [5.41, 5.74) is 2.39. The third kappa shape index (κ3) is 5.32. The molecule has 37 heavy (non-hydrogen) atoms. The van der Waals surface area contributed by atoms with Gasteiger partial charge < -0.3 is 15.1 Å². The molecule has 0 bridgehead atoms. The number of hydrogen-bond donors (Lipinski definition) is 1. The maximum Gasteiger partial charge on any atom is 0.325 e. The van der Waals surface area contributed by atoms with Crippen molar-refractivity contribution in [2.24, 2.45) is 13.0 Å². The lowest BCUT2D eigenvalue weighted by Gasteiger charge is -2.46. The number of anilines is 2. The Kier molecular flexibility index (Phi) is 7.56. The van der Waals surface area contributed by atoms with Crippen molar-refractivity contribution in [3.8, 4) is 0 Å². The van der Waals surface area contributed by atoms with Gasteiger partial charge in [-0.3, -0.25) is 19.2 Å². The highest BCUT2D eigenvalue weighted by Crippen LogP contribution is 2.33. The molecule has 1 saturated heterocycles. The average molecular weight is 504 g/mol. The van der Waals surface area contributed by atoms with E-state index in [1.165, 1.54) is 4.90 Å². The number of carbonyl (C=O) groups excluding carboxylic acids is 3. The van der Waals surface area contributed by atoms with E-state index in [1.54, 1.807) is 37.4 Å². The highest BCUT2D eigenvalue weighted by atomic mass is 16.2. The van der Waals surface area contributed by atoms with Crippen molar-refractivity contribution in [3.05, 3.63) is 72.2 Å². The summed E-state index contributed by atoms with van der Waals surface area (Å²) in [5.74, 6) is -0.640. The van der Waals surface area contributed by atoms with Crippen LogP contribution in [0.4, 0.5) is 16.3 Å². The lowest BCUT2D eigenvalue weighted by molar-refractivity contribution is -0.156. The monoisotopic (exact) mass is 503 g/mol. The molecule has 0 aliphatic carbocycles. The van der Waals surface area contributed by atoms with Crippen LogP contribution in [0.25, 0.3) is 0 Å². The summed E-state index contributed by atoms with van der Waals surface area (Å²) >= 11 is 0. The third-order valence-corrected chi connectivity index (χ3v) is 6.73. The Hall–Kier alpha value is -4.21. The molecule has 2 aromatic heterocycles. The molecule has 3 heterocycles. The first-order valence-corrected chi connectivity index (χ1v) is 12.3. The maximum atomic E-state index is 13.7. The van der Waals surface area contributed by atoms with Crippen molar-refractivity contribution in [3.63, 3.8) is 0 Å². The topological polar surface area (TPSA) is 104 Å². The molecule has 0 saturated carbocycles. The summed E-state index contributed by atoms with van der Waals surface area (Å²) in [6.45, 7) is 1.96. The summed E-state index contributed by atoms with van der Waals surface area (Å²) in [4.78, 5) is 49.2. The fourth-order valence-corrected chi connectivity index (χ4v) is 4.57. The molecule has 10 nitrogen and oxygen atoms in total. The van der Waals surface area contributed by atoms with E-state index in [0.29, 0.717) is 18.5 Å². The molecule has 1 aliphatic heterocycles. The fourth-order valence-electron chi connectivity index (χ4n) is 4.57. The molecule has 1 aromatic carbocycles. The molecule has 0 radical (unpaired) electrons. The van der Waals surface area contributed by atoms with Crippen LogP contribution in [0.15, 0.2) is 61.1 Å². The van der Waals surface area contributed by atoms with Crippen molar-refractivity contribution in [2.75, 3.05) is 30.9 Å². The number of pyridine rings is 1. The number of amides is 4. The Morgan fingerprint density at radius 3 is 2.49 bits per heavy atom. The zero-order valence-electron chi connectivity index (χ0n) is 21.8. The molecular formula is C27H33N7O3. The predicted molar refractivity (Wildman–Crippen MR) is 141 cm³/mol. The van der Waals surface area contributed by atoms with Crippen LogP contribution in [0, 0.1) is 5.92 Å². The number of aryl methyl sites for hydroxylation is 1. The number of benzene rings is 1. The largest absolute Gasteiger partial charge is 0.363 e. The van der Waals surface area contributed by atoms with Crippen LogP contribution < -0.4 is 15.1 Å². The van der Waals surface area contributed by atoms with Crippen LogP contribution >= 0.6 is 0 Å². The van der Waals surface area contributed by atoms with Gasteiger partial charge in [-0.1, -0.05) is 37.3 Å². The van der Waals surface area contributed by atoms with Crippen molar-refractivity contribution in [1.29, 1.82) is 0 Å². The van der Waals surface area contributed by atoms with Crippen LogP contribution in [0.5, 0.6) is 0 Å². The van der Waals surface area contributed by atoms with Crippen LogP contribution in [-0.4, -0.2) is 64.7 Å². The van der Waals surface area contributed by atoms with Gasteiger partial charge in [-0.15, -0.1) is 0 Å². The number of nitrogens with zero attached hydrogens (tertiary/aromatic N) is 6. The van der Waals surface area contributed by atoms with Crippen molar-refractivity contribution >= 4 is 29.4 Å². The second-order valence-corrected chi connectivity index (χ2v) is 9.47. The number of imide groups is 1. The number of likely N-dealkylation sites (N-methyl/N-ethyl adjacent to an activating group) is 1. The zero-order valence-corrected chi connectivity index (χ0v) is 21.8. The minimum absolute atomic E-state index is 0.282. The lowest BCUT2D eigenvalue weighted by atomic mass is 9.81. The lowest BCUT2D eigenvalue weighted by Crippen LogP contribution is -2.70. The number of β-lactam (4-membered cyclic amide) rings is 1. The Bertz CT molecular complexity index is 1270. The highest BCUT2D eigenvalue weighted by molar-refractivity contribution is 6.12. The van der Waals surface area contributed by atoms with E-state index in [1.807, 2.05) is 68.4 Å². The van der Waals surface area contributed by atoms with E-state index in [-0.39, 0.29) is 17.9 Å². The standard InChI is InChI=1S/C27H33N7O3/c1-6-22(19-10-8-7-9-11-19)30-27(37)34-24(26(36)33(5)20-16-29-32(4)17-20)21(25(34)35)14-18-12-13-28-23(15-18)31(2)3/h7-13,15-17,21-22,24H,6,14H2,1-5H3,(H,30,37)/t21-,22?,24+/m1/s1. The second kappa shape index (κ2) is 10.8. The van der Waals surface area contributed by atoms with Crippen molar-refractivity contribution in [1.82, 2.24) is 25.0 Å². The van der Waals surface area contributed by atoms with Gasteiger partial charge in [0.1, 0.15) is 11.9 Å².